The minimum atomic E-state index is -0.352. The third kappa shape index (κ3) is 3.28. The van der Waals surface area contributed by atoms with E-state index in [2.05, 4.69) is 10.4 Å². The second-order valence-corrected chi connectivity index (χ2v) is 6.70. The van der Waals surface area contributed by atoms with Gasteiger partial charge in [-0.15, -0.1) is 0 Å². The third-order valence-electron chi connectivity index (χ3n) is 4.57. The molecule has 5 nitrogen and oxygen atoms in total. The van der Waals surface area contributed by atoms with E-state index in [0.29, 0.717) is 30.0 Å². The number of aromatic nitrogens is 2. The number of carbonyl (C=O) groups excluding carboxylic acids is 1. The molecular formula is C20H17ClFN3O2. The molecule has 4 rings (SSSR count). The van der Waals surface area contributed by atoms with Crippen LogP contribution >= 0.6 is 11.6 Å². The van der Waals surface area contributed by atoms with Crippen molar-refractivity contribution in [3.05, 3.63) is 76.3 Å². The van der Waals surface area contributed by atoms with Crippen molar-refractivity contribution in [1.82, 2.24) is 15.1 Å². The minimum Gasteiger partial charge on any atom is -0.493 e. The summed E-state index contributed by atoms with van der Waals surface area (Å²) in [6, 6.07) is 13.2. The van der Waals surface area contributed by atoms with Gasteiger partial charge in [0, 0.05) is 12.0 Å². The fraction of sp³-hybridized carbons (Fsp3) is 0.200. The standard InChI is InChI=1S/C20H17ClFN3O2/c1-12-18(19(21)25(24-12)14-8-6-13(22)7-9-14)20(26)23-16-10-11-27-17-5-3-2-4-15(16)17/h2-9,16H,10-11H2,1H3,(H,23,26)/t16-/m0/s1. The van der Waals surface area contributed by atoms with Crippen LogP contribution in [-0.4, -0.2) is 22.3 Å². The van der Waals surface area contributed by atoms with Gasteiger partial charge in [0.2, 0.25) is 0 Å². The van der Waals surface area contributed by atoms with Crippen molar-refractivity contribution in [2.75, 3.05) is 6.61 Å². The number of carbonyl (C=O) groups is 1. The van der Waals surface area contributed by atoms with Crippen LogP contribution in [0.2, 0.25) is 5.15 Å². The zero-order valence-corrected chi connectivity index (χ0v) is 15.3. The molecule has 7 heteroatoms. The molecule has 27 heavy (non-hydrogen) atoms. The van der Waals surface area contributed by atoms with Crippen LogP contribution < -0.4 is 10.1 Å². The Bertz CT molecular complexity index is 1000. The first-order valence-corrected chi connectivity index (χ1v) is 8.96. The average molecular weight is 386 g/mol. The Morgan fingerprint density at radius 1 is 1.26 bits per heavy atom. The van der Waals surface area contributed by atoms with E-state index in [1.165, 1.54) is 16.8 Å². The number of hydrogen-bond acceptors (Lipinski definition) is 3. The first-order chi connectivity index (χ1) is 13.0. The second-order valence-electron chi connectivity index (χ2n) is 6.34. The summed E-state index contributed by atoms with van der Waals surface area (Å²) in [4.78, 5) is 12.9. The summed E-state index contributed by atoms with van der Waals surface area (Å²) >= 11 is 6.44. The molecule has 1 aromatic heterocycles. The van der Waals surface area contributed by atoms with Crippen LogP contribution in [0, 0.1) is 12.7 Å². The lowest BCUT2D eigenvalue weighted by atomic mass is 10.0. The number of fused-ring (bicyclic) bond motifs is 1. The summed E-state index contributed by atoms with van der Waals surface area (Å²) in [6.07, 6.45) is 0.672. The number of para-hydroxylation sites is 1. The van der Waals surface area contributed by atoms with Crippen molar-refractivity contribution in [3.8, 4) is 11.4 Å². The Labute approximate surface area is 160 Å². The lowest BCUT2D eigenvalue weighted by molar-refractivity contribution is 0.0924. The van der Waals surface area contributed by atoms with E-state index in [0.717, 1.165) is 11.3 Å². The van der Waals surface area contributed by atoms with Gasteiger partial charge in [-0.2, -0.15) is 5.10 Å². The highest BCUT2D eigenvalue weighted by Gasteiger charge is 2.27. The summed E-state index contributed by atoms with van der Waals surface area (Å²) in [6.45, 7) is 2.25. The van der Waals surface area contributed by atoms with Crippen LogP contribution in [-0.2, 0) is 0 Å². The molecule has 1 amide bonds. The number of aryl methyl sites for hydroxylation is 1. The molecule has 0 fully saturated rings. The van der Waals surface area contributed by atoms with Gasteiger partial charge < -0.3 is 10.1 Å². The van der Waals surface area contributed by atoms with Crippen LogP contribution in [0.3, 0.4) is 0 Å². The number of rotatable bonds is 3. The Hall–Kier alpha value is -2.86. The summed E-state index contributed by atoms with van der Waals surface area (Å²) in [5, 5.41) is 7.57. The van der Waals surface area contributed by atoms with Crippen LogP contribution in [0.4, 0.5) is 4.39 Å². The molecule has 1 aliphatic rings. The number of ether oxygens (including phenoxy) is 1. The largest absolute Gasteiger partial charge is 0.493 e. The summed E-state index contributed by atoms with van der Waals surface area (Å²) in [5.74, 6) is 0.126. The van der Waals surface area contributed by atoms with Gasteiger partial charge in [-0.25, -0.2) is 9.07 Å². The average Bonchev–Trinajstić information content (AvgIpc) is 2.97. The Morgan fingerprint density at radius 2 is 2.00 bits per heavy atom. The number of hydrogen-bond donors (Lipinski definition) is 1. The monoisotopic (exact) mass is 385 g/mol. The third-order valence-corrected chi connectivity index (χ3v) is 4.92. The molecule has 1 N–H and O–H groups in total. The van der Waals surface area contributed by atoms with Crippen molar-refractivity contribution in [1.29, 1.82) is 0 Å². The van der Waals surface area contributed by atoms with Crippen molar-refractivity contribution >= 4 is 17.5 Å². The van der Waals surface area contributed by atoms with Crippen molar-refractivity contribution in [2.45, 2.75) is 19.4 Å². The van der Waals surface area contributed by atoms with Crippen LogP contribution in [0.25, 0.3) is 5.69 Å². The van der Waals surface area contributed by atoms with E-state index in [-0.39, 0.29) is 22.9 Å². The van der Waals surface area contributed by atoms with E-state index in [1.807, 2.05) is 24.3 Å². The summed E-state index contributed by atoms with van der Waals surface area (Å²) in [5.41, 5.74) is 2.34. The van der Waals surface area contributed by atoms with Gasteiger partial charge in [0.05, 0.1) is 29.6 Å². The minimum absolute atomic E-state index is 0.160. The summed E-state index contributed by atoms with van der Waals surface area (Å²) in [7, 11) is 0. The van der Waals surface area contributed by atoms with Crippen molar-refractivity contribution in [3.63, 3.8) is 0 Å². The predicted molar refractivity (Wildman–Crippen MR) is 100 cm³/mol. The topological polar surface area (TPSA) is 56.2 Å². The van der Waals surface area contributed by atoms with Gasteiger partial charge in [0.1, 0.15) is 16.7 Å². The van der Waals surface area contributed by atoms with Gasteiger partial charge in [0.25, 0.3) is 5.91 Å². The first kappa shape index (κ1) is 17.5. The van der Waals surface area contributed by atoms with Crippen LogP contribution in [0.1, 0.15) is 34.1 Å². The van der Waals surface area contributed by atoms with Gasteiger partial charge in [-0.3, -0.25) is 4.79 Å². The quantitative estimate of drug-likeness (QED) is 0.734. The highest BCUT2D eigenvalue weighted by Crippen LogP contribution is 2.32. The lowest BCUT2D eigenvalue weighted by Crippen LogP contribution is -2.32. The van der Waals surface area contributed by atoms with E-state index in [1.54, 1.807) is 19.1 Å². The lowest BCUT2D eigenvalue weighted by Gasteiger charge is -2.26. The SMILES string of the molecule is Cc1nn(-c2ccc(F)cc2)c(Cl)c1C(=O)N[C@H]1CCOc2ccccc21. The Kier molecular flexibility index (Phi) is 4.58. The molecule has 0 spiro atoms. The Balaban J connectivity index is 1.63. The molecule has 2 heterocycles. The predicted octanol–water partition coefficient (Wildman–Crippen LogP) is 4.23. The number of nitrogens with one attached hydrogen (secondary N) is 1. The zero-order chi connectivity index (χ0) is 19.0. The fourth-order valence-corrected chi connectivity index (χ4v) is 3.59. The normalized spacial score (nSPS) is 15.7. The van der Waals surface area contributed by atoms with Gasteiger partial charge in [-0.1, -0.05) is 29.8 Å². The maximum absolute atomic E-state index is 13.2. The second kappa shape index (κ2) is 7.04. The van der Waals surface area contributed by atoms with Crippen molar-refractivity contribution in [2.24, 2.45) is 0 Å². The fourth-order valence-electron chi connectivity index (χ4n) is 3.23. The number of amides is 1. The van der Waals surface area contributed by atoms with Gasteiger partial charge >= 0.3 is 0 Å². The Morgan fingerprint density at radius 3 is 2.78 bits per heavy atom. The van der Waals surface area contributed by atoms with Crippen LogP contribution in [0.5, 0.6) is 5.75 Å². The summed E-state index contributed by atoms with van der Waals surface area (Å²) < 4.78 is 20.2. The number of nitrogens with zero attached hydrogens (tertiary/aromatic N) is 2. The van der Waals surface area contributed by atoms with E-state index in [9.17, 15) is 9.18 Å². The molecule has 0 saturated carbocycles. The molecule has 0 bridgehead atoms. The maximum Gasteiger partial charge on any atom is 0.256 e. The van der Waals surface area contributed by atoms with E-state index < -0.39 is 0 Å². The molecule has 1 aliphatic heterocycles. The molecule has 3 aromatic rings. The molecule has 1 atom stereocenters. The zero-order valence-electron chi connectivity index (χ0n) is 14.6. The van der Waals surface area contributed by atoms with E-state index >= 15 is 0 Å². The molecule has 0 unspecified atom stereocenters. The highest BCUT2D eigenvalue weighted by atomic mass is 35.5. The molecular weight excluding hydrogens is 369 g/mol. The molecule has 0 saturated heterocycles. The van der Waals surface area contributed by atoms with Gasteiger partial charge in [-0.05, 0) is 37.3 Å². The smallest absolute Gasteiger partial charge is 0.256 e. The maximum atomic E-state index is 13.2. The van der Waals surface area contributed by atoms with Crippen LogP contribution in [0.15, 0.2) is 48.5 Å². The first-order valence-electron chi connectivity index (χ1n) is 8.58. The number of halogens is 2. The van der Waals surface area contributed by atoms with Gasteiger partial charge in [0.15, 0.2) is 0 Å². The molecule has 0 radical (unpaired) electrons. The molecule has 0 aliphatic carbocycles. The number of benzene rings is 2. The van der Waals surface area contributed by atoms with E-state index in [4.69, 9.17) is 16.3 Å². The molecule has 2 aromatic carbocycles. The molecule has 138 valence electrons. The van der Waals surface area contributed by atoms with Crippen molar-refractivity contribution < 1.29 is 13.9 Å². The highest BCUT2D eigenvalue weighted by molar-refractivity contribution is 6.33.